The molecule has 4 rings (SSSR count). The van der Waals surface area contributed by atoms with Crippen LogP contribution in [0.3, 0.4) is 0 Å². The minimum atomic E-state index is -0.815. The third-order valence-electron chi connectivity index (χ3n) is 5.48. The van der Waals surface area contributed by atoms with E-state index in [1.165, 1.54) is 6.08 Å². The van der Waals surface area contributed by atoms with Crippen molar-refractivity contribution in [1.82, 2.24) is 5.32 Å². The molecule has 0 aliphatic carbocycles. The van der Waals surface area contributed by atoms with E-state index in [4.69, 9.17) is 4.74 Å². The maximum absolute atomic E-state index is 13.2. The SMILES string of the molecule is Cc1ccc(NC(=O)COc2ccccc2/C=C2\C(=O)NC(=O)N(c3cc(C)cc(C)c3)C2=O)cc1. The van der Waals surface area contributed by atoms with Gasteiger partial charge in [0.25, 0.3) is 17.7 Å². The van der Waals surface area contributed by atoms with Crippen molar-refractivity contribution in [3.05, 3.63) is 94.6 Å². The first-order chi connectivity index (χ1) is 17.2. The van der Waals surface area contributed by atoms with Gasteiger partial charge in [-0.1, -0.05) is 42.0 Å². The molecular formula is C28H25N3O5. The topological polar surface area (TPSA) is 105 Å². The van der Waals surface area contributed by atoms with Crippen LogP contribution in [0.4, 0.5) is 16.2 Å². The van der Waals surface area contributed by atoms with Crippen LogP contribution < -0.4 is 20.3 Å². The van der Waals surface area contributed by atoms with Gasteiger partial charge in [-0.3, -0.25) is 19.7 Å². The lowest BCUT2D eigenvalue weighted by molar-refractivity contribution is -0.122. The molecule has 1 heterocycles. The number of carbonyl (C=O) groups is 4. The van der Waals surface area contributed by atoms with E-state index >= 15 is 0 Å². The highest BCUT2D eigenvalue weighted by molar-refractivity contribution is 6.39. The van der Waals surface area contributed by atoms with E-state index in [9.17, 15) is 19.2 Å². The molecule has 0 atom stereocenters. The summed E-state index contributed by atoms with van der Waals surface area (Å²) in [7, 11) is 0. The number of urea groups is 1. The van der Waals surface area contributed by atoms with Gasteiger partial charge in [0.15, 0.2) is 6.61 Å². The van der Waals surface area contributed by atoms with Crippen molar-refractivity contribution in [2.24, 2.45) is 0 Å². The molecule has 3 aromatic rings. The number of amides is 5. The molecular weight excluding hydrogens is 458 g/mol. The lowest BCUT2D eigenvalue weighted by Gasteiger charge is -2.27. The van der Waals surface area contributed by atoms with Crippen LogP contribution in [0.1, 0.15) is 22.3 Å². The van der Waals surface area contributed by atoms with E-state index in [0.717, 1.165) is 21.6 Å². The summed E-state index contributed by atoms with van der Waals surface area (Å²) in [5.41, 5.74) is 4.01. The number of para-hydroxylation sites is 1. The first-order valence-electron chi connectivity index (χ1n) is 11.3. The van der Waals surface area contributed by atoms with Crippen LogP contribution in [0.15, 0.2) is 72.3 Å². The summed E-state index contributed by atoms with van der Waals surface area (Å²) in [6.07, 6.45) is 1.35. The van der Waals surface area contributed by atoms with Crippen molar-refractivity contribution in [1.29, 1.82) is 0 Å². The predicted molar refractivity (Wildman–Crippen MR) is 137 cm³/mol. The van der Waals surface area contributed by atoms with E-state index in [0.29, 0.717) is 22.7 Å². The number of nitrogens with zero attached hydrogens (tertiary/aromatic N) is 1. The quantitative estimate of drug-likeness (QED) is 0.402. The van der Waals surface area contributed by atoms with Crippen molar-refractivity contribution in [2.45, 2.75) is 20.8 Å². The molecule has 0 bridgehead atoms. The average molecular weight is 484 g/mol. The van der Waals surface area contributed by atoms with Crippen LogP contribution in [-0.2, 0) is 14.4 Å². The molecule has 1 aliphatic heterocycles. The van der Waals surface area contributed by atoms with Gasteiger partial charge < -0.3 is 10.1 Å². The number of benzene rings is 3. The number of nitrogens with one attached hydrogen (secondary N) is 2. The lowest BCUT2D eigenvalue weighted by atomic mass is 10.0. The van der Waals surface area contributed by atoms with Crippen LogP contribution in [-0.4, -0.2) is 30.4 Å². The number of imide groups is 2. The lowest BCUT2D eigenvalue weighted by Crippen LogP contribution is -2.54. The monoisotopic (exact) mass is 483 g/mol. The van der Waals surface area contributed by atoms with Gasteiger partial charge in [0.2, 0.25) is 0 Å². The molecule has 3 aromatic carbocycles. The molecule has 5 amide bonds. The minimum absolute atomic E-state index is 0.228. The maximum Gasteiger partial charge on any atom is 0.335 e. The number of hydrogen-bond acceptors (Lipinski definition) is 5. The van der Waals surface area contributed by atoms with Crippen molar-refractivity contribution < 1.29 is 23.9 Å². The van der Waals surface area contributed by atoms with E-state index < -0.39 is 17.8 Å². The Labute approximate surface area is 208 Å². The summed E-state index contributed by atoms with van der Waals surface area (Å²) in [6, 6.07) is 18.6. The number of carbonyl (C=O) groups excluding carboxylic acids is 4. The molecule has 1 aliphatic rings. The molecule has 1 saturated heterocycles. The Kier molecular flexibility index (Phi) is 6.96. The van der Waals surface area contributed by atoms with Crippen LogP contribution in [0.25, 0.3) is 6.08 Å². The highest BCUT2D eigenvalue weighted by Gasteiger charge is 2.37. The second-order valence-electron chi connectivity index (χ2n) is 8.54. The van der Waals surface area contributed by atoms with Gasteiger partial charge in [-0.25, -0.2) is 9.69 Å². The van der Waals surface area contributed by atoms with Crippen molar-refractivity contribution >= 4 is 41.2 Å². The molecule has 8 nitrogen and oxygen atoms in total. The number of hydrogen-bond donors (Lipinski definition) is 2. The van der Waals surface area contributed by atoms with Gasteiger partial charge in [0.05, 0.1) is 5.69 Å². The van der Waals surface area contributed by atoms with Crippen molar-refractivity contribution in [3.63, 3.8) is 0 Å². The second kappa shape index (κ2) is 10.3. The summed E-state index contributed by atoms with van der Waals surface area (Å²) in [5, 5.41) is 4.97. The second-order valence-corrected chi connectivity index (χ2v) is 8.54. The number of barbiturate groups is 1. The first kappa shape index (κ1) is 24.4. The van der Waals surface area contributed by atoms with Crippen LogP contribution in [0, 0.1) is 20.8 Å². The molecule has 0 radical (unpaired) electrons. The van der Waals surface area contributed by atoms with Gasteiger partial charge in [-0.2, -0.15) is 0 Å². The Balaban J connectivity index is 1.56. The van der Waals surface area contributed by atoms with Crippen LogP contribution >= 0.6 is 0 Å². The highest BCUT2D eigenvalue weighted by Crippen LogP contribution is 2.26. The van der Waals surface area contributed by atoms with Crippen LogP contribution in [0.2, 0.25) is 0 Å². The predicted octanol–water partition coefficient (Wildman–Crippen LogP) is 4.30. The van der Waals surface area contributed by atoms with E-state index in [1.807, 2.05) is 39.0 Å². The normalized spacial score (nSPS) is 14.6. The summed E-state index contributed by atoms with van der Waals surface area (Å²) in [4.78, 5) is 51.6. The fourth-order valence-electron chi connectivity index (χ4n) is 3.84. The summed E-state index contributed by atoms with van der Waals surface area (Å²) < 4.78 is 5.69. The Bertz CT molecular complexity index is 1370. The zero-order valence-corrected chi connectivity index (χ0v) is 20.1. The molecule has 0 unspecified atom stereocenters. The Morgan fingerprint density at radius 2 is 1.58 bits per heavy atom. The van der Waals surface area contributed by atoms with E-state index in [1.54, 1.807) is 48.5 Å². The minimum Gasteiger partial charge on any atom is -0.483 e. The number of aryl methyl sites for hydroxylation is 3. The van der Waals surface area contributed by atoms with E-state index in [2.05, 4.69) is 10.6 Å². The van der Waals surface area contributed by atoms with Crippen molar-refractivity contribution in [3.8, 4) is 5.75 Å². The third-order valence-corrected chi connectivity index (χ3v) is 5.48. The fourth-order valence-corrected chi connectivity index (χ4v) is 3.84. The van der Waals surface area contributed by atoms with Crippen molar-refractivity contribution in [2.75, 3.05) is 16.8 Å². The standard InChI is InChI=1S/C28H25N3O5/c1-17-8-10-21(11-9-17)29-25(32)16-36-24-7-5-4-6-20(24)15-23-26(33)30-28(35)31(27(23)34)22-13-18(2)12-19(3)14-22/h4-15H,16H2,1-3H3,(H,29,32)(H,30,33,35)/b23-15+. The largest absolute Gasteiger partial charge is 0.483 e. The Morgan fingerprint density at radius 1 is 0.917 bits per heavy atom. The molecule has 1 fully saturated rings. The third kappa shape index (κ3) is 5.50. The highest BCUT2D eigenvalue weighted by atomic mass is 16.5. The van der Waals surface area contributed by atoms with Gasteiger partial charge in [0.1, 0.15) is 11.3 Å². The number of rotatable bonds is 6. The average Bonchev–Trinajstić information content (AvgIpc) is 2.82. The molecule has 0 aromatic heterocycles. The smallest absolute Gasteiger partial charge is 0.335 e. The zero-order valence-electron chi connectivity index (χ0n) is 20.1. The fraction of sp³-hybridized carbons (Fsp3) is 0.143. The molecule has 2 N–H and O–H groups in total. The zero-order chi connectivity index (χ0) is 25.8. The summed E-state index contributed by atoms with van der Waals surface area (Å²) >= 11 is 0. The number of ether oxygens (including phenoxy) is 1. The van der Waals surface area contributed by atoms with Gasteiger partial charge in [-0.05, 0) is 68.3 Å². The molecule has 0 saturated carbocycles. The first-order valence-corrected chi connectivity index (χ1v) is 11.3. The Morgan fingerprint density at radius 3 is 2.28 bits per heavy atom. The van der Waals surface area contributed by atoms with Gasteiger partial charge in [-0.15, -0.1) is 0 Å². The van der Waals surface area contributed by atoms with Crippen LogP contribution in [0.5, 0.6) is 5.75 Å². The molecule has 182 valence electrons. The summed E-state index contributed by atoms with van der Waals surface area (Å²) in [5.74, 6) is -1.61. The van der Waals surface area contributed by atoms with Gasteiger partial charge >= 0.3 is 6.03 Å². The van der Waals surface area contributed by atoms with Gasteiger partial charge in [0, 0.05) is 11.3 Å². The molecule has 0 spiro atoms. The maximum atomic E-state index is 13.2. The van der Waals surface area contributed by atoms with E-state index in [-0.39, 0.29) is 18.1 Å². The summed E-state index contributed by atoms with van der Waals surface area (Å²) in [6.45, 7) is 5.39. The molecule has 8 heteroatoms. The molecule has 36 heavy (non-hydrogen) atoms. The number of anilines is 2. The Hall–Kier alpha value is -4.72.